The second kappa shape index (κ2) is 4.99. The van der Waals surface area contributed by atoms with E-state index >= 15 is 0 Å². The van der Waals surface area contributed by atoms with Crippen LogP contribution in [0.3, 0.4) is 0 Å². The minimum atomic E-state index is -0.794. The molecule has 106 valence electrons. The maximum Gasteiger partial charge on any atom is 0.316 e. The summed E-state index contributed by atoms with van der Waals surface area (Å²) in [5.41, 5.74) is -0.581. The zero-order chi connectivity index (χ0) is 14.1. The summed E-state index contributed by atoms with van der Waals surface area (Å²) in [4.78, 5) is 24.3. The highest BCUT2D eigenvalue weighted by Gasteiger charge is 2.66. The first kappa shape index (κ1) is 14.1. The lowest BCUT2D eigenvalue weighted by Crippen LogP contribution is -2.53. The van der Waals surface area contributed by atoms with E-state index in [1.165, 1.54) is 0 Å². The third-order valence-electron chi connectivity index (χ3n) is 4.32. The number of fused-ring (bicyclic) bond motifs is 1. The van der Waals surface area contributed by atoms with Crippen molar-refractivity contribution in [3.63, 3.8) is 0 Å². The Balaban J connectivity index is 2.41. The van der Waals surface area contributed by atoms with E-state index in [-0.39, 0.29) is 18.4 Å². The Morgan fingerprint density at radius 1 is 1.42 bits per heavy atom. The van der Waals surface area contributed by atoms with Crippen LogP contribution in [0.1, 0.15) is 52.4 Å². The molecule has 0 amide bonds. The Kier molecular flexibility index (Phi) is 3.70. The number of hydrogen-bond donors (Lipinski definition) is 0. The van der Waals surface area contributed by atoms with Gasteiger partial charge in [-0.2, -0.15) is 0 Å². The number of hydrogen-bond acceptors (Lipinski definition) is 4. The second-order valence-corrected chi connectivity index (χ2v) is 5.79. The van der Waals surface area contributed by atoms with Crippen molar-refractivity contribution in [1.29, 1.82) is 0 Å². The first-order valence-electron chi connectivity index (χ1n) is 6.99. The summed E-state index contributed by atoms with van der Waals surface area (Å²) in [5.74, 6) is -0.557. The molecular formula is C15H22O4. The van der Waals surface area contributed by atoms with Gasteiger partial charge in [0.25, 0.3) is 0 Å². The molecule has 0 radical (unpaired) electrons. The van der Waals surface area contributed by atoms with Gasteiger partial charge in [0.15, 0.2) is 0 Å². The number of esters is 2. The lowest BCUT2D eigenvalue weighted by Gasteiger charge is -2.45. The van der Waals surface area contributed by atoms with Crippen LogP contribution in [0.4, 0.5) is 0 Å². The average Bonchev–Trinajstić information content (AvgIpc) is 2.61. The van der Waals surface area contributed by atoms with Crippen LogP contribution in [0.5, 0.6) is 0 Å². The Morgan fingerprint density at radius 2 is 2.11 bits per heavy atom. The normalized spacial score (nSPS) is 33.5. The zero-order valence-corrected chi connectivity index (χ0v) is 11.8. The molecule has 4 heteroatoms. The summed E-state index contributed by atoms with van der Waals surface area (Å²) in [7, 11) is 0. The lowest BCUT2D eigenvalue weighted by molar-refractivity contribution is -0.176. The molecule has 1 aliphatic heterocycles. The van der Waals surface area contributed by atoms with Gasteiger partial charge < -0.3 is 9.47 Å². The van der Waals surface area contributed by atoms with Gasteiger partial charge in [0.1, 0.15) is 11.0 Å². The van der Waals surface area contributed by atoms with Crippen LogP contribution in [0.25, 0.3) is 0 Å². The van der Waals surface area contributed by atoms with Crippen LogP contribution in [0, 0.1) is 5.41 Å². The van der Waals surface area contributed by atoms with E-state index in [4.69, 9.17) is 9.47 Å². The zero-order valence-electron chi connectivity index (χ0n) is 11.8. The van der Waals surface area contributed by atoms with Gasteiger partial charge >= 0.3 is 11.9 Å². The molecule has 2 aliphatic rings. The molecule has 19 heavy (non-hydrogen) atoms. The Hall–Kier alpha value is -1.32. The fourth-order valence-corrected chi connectivity index (χ4v) is 3.61. The van der Waals surface area contributed by atoms with Crippen molar-refractivity contribution < 1.29 is 19.1 Å². The topological polar surface area (TPSA) is 52.6 Å². The van der Waals surface area contributed by atoms with Gasteiger partial charge in [0, 0.05) is 6.42 Å². The van der Waals surface area contributed by atoms with Crippen molar-refractivity contribution in [2.75, 3.05) is 6.61 Å². The summed E-state index contributed by atoms with van der Waals surface area (Å²) >= 11 is 0. The molecular weight excluding hydrogens is 244 g/mol. The Morgan fingerprint density at radius 3 is 2.74 bits per heavy atom. The highest BCUT2D eigenvalue weighted by atomic mass is 16.6. The SMILES string of the molecule is C=C(C)C[C@@]12CCCC[C@]1(C(=O)OCC)CC(=O)O2. The Bertz CT molecular complexity index is 414. The van der Waals surface area contributed by atoms with E-state index in [9.17, 15) is 9.59 Å². The lowest BCUT2D eigenvalue weighted by atomic mass is 9.61. The second-order valence-electron chi connectivity index (χ2n) is 5.79. The molecule has 1 aliphatic carbocycles. The van der Waals surface area contributed by atoms with Gasteiger partial charge in [-0.05, 0) is 33.1 Å². The molecule has 1 heterocycles. The van der Waals surface area contributed by atoms with Crippen LogP contribution in [-0.2, 0) is 19.1 Å². The molecule has 0 aromatic carbocycles. The molecule has 0 bridgehead atoms. The van der Waals surface area contributed by atoms with Crippen molar-refractivity contribution in [3.8, 4) is 0 Å². The van der Waals surface area contributed by atoms with Crippen molar-refractivity contribution in [1.82, 2.24) is 0 Å². The number of ether oxygens (including phenoxy) is 2. The van der Waals surface area contributed by atoms with Crippen molar-refractivity contribution in [3.05, 3.63) is 12.2 Å². The van der Waals surface area contributed by atoms with E-state index in [0.29, 0.717) is 19.4 Å². The van der Waals surface area contributed by atoms with Crippen LogP contribution >= 0.6 is 0 Å². The fourth-order valence-electron chi connectivity index (χ4n) is 3.61. The first-order valence-corrected chi connectivity index (χ1v) is 6.99. The molecule has 0 aromatic heterocycles. The molecule has 0 N–H and O–H groups in total. The molecule has 2 rings (SSSR count). The molecule has 2 atom stereocenters. The van der Waals surface area contributed by atoms with Gasteiger partial charge in [-0.15, -0.1) is 0 Å². The quantitative estimate of drug-likeness (QED) is 0.580. The molecule has 0 aromatic rings. The molecule has 4 nitrogen and oxygen atoms in total. The molecule has 2 fully saturated rings. The van der Waals surface area contributed by atoms with Crippen molar-refractivity contribution >= 4 is 11.9 Å². The summed E-state index contributed by atoms with van der Waals surface area (Å²) in [5, 5.41) is 0. The summed E-state index contributed by atoms with van der Waals surface area (Å²) in [6.45, 7) is 7.95. The highest BCUT2D eigenvalue weighted by Crippen LogP contribution is 2.56. The van der Waals surface area contributed by atoms with Crippen LogP contribution in [0.15, 0.2) is 12.2 Å². The van der Waals surface area contributed by atoms with E-state index in [1.807, 2.05) is 6.92 Å². The minimum absolute atomic E-state index is 0.152. The minimum Gasteiger partial charge on any atom is -0.465 e. The van der Waals surface area contributed by atoms with E-state index in [0.717, 1.165) is 24.8 Å². The summed E-state index contributed by atoms with van der Waals surface area (Å²) < 4.78 is 10.9. The van der Waals surface area contributed by atoms with E-state index < -0.39 is 11.0 Å². The number of rotatable bonds is 4. The number of carbonyl (C=O) groups is 2. The van der Waals surface area contributed by atoms with Gasteiger partial charge in [-0.25, -0.2) is 0 Å². The monoisotopic (exact) mass is 266 g/mol. The fraction of sp³-hybridized carbons (Fsp3) is 0.733. The first-order chi connectivity index (χ1) is 8.96. The van der Waals surface area contributed by atoms with Crippen molar-refractivity contribution in [2.45, 2.75) is 58.0 Å². The third kappa shape index (κ3) is 2.17. The molecule has 0 unspecified atom stereocenters. The van der Waals surface area contributed by atoms with Gasteiger partial charge in [0.05, 0.1) is 13.0 Å². The predicted molar refractivity (Wildman–Crippen MR) is 70.4 cm³/mol. The molecule has 0 spiro atoms. The number of carbonyl (C=O) groups excluding carboxylic acids is 2. The van der Waals surface area contributed by atoms with Gasteiger partial charge in [-0.3, -0.25) is 9.59 Å². The average molecular weight is 266 g/mol. The van der Waals surface area contributed by atoms with Gasteiger partial charge in [-0.1, -0.05) is 18.6 Å². The maximum absolute atomic E-state index is 12.4. The van der Waals surface area contributed by atoms with Crippen LogP contribution in [0.2, 0.25) is 0 Å². The highest BCUT2D eigenvalue weighted by molar-refractivity contribution is 5.88. The largest absolute Gasteiger partial charge is 0.465 e. The third-order valence-corrected chi connectivity index (χ3v) is 4.32. The molecule has 1 saturated carbocycles. The van der Waals surface area contributed by atoms with Gasteiger partial charge in [0.2, 0.25) is 0 Å². The van der Waals surface area contributed by atoms with Crippen molar-refractivity contribution in [2.24, 2.45) is 5.41 Å². The summed E-state index contributed by atoms with van der Waals surface area (Å²) in [6.07, 6.45) is 4.01. The van der Waals surface area contributed by atoms with E-state index in [1.54, 1.807) is 6.92 Å². The van der Waals surface area contributed by atoms with E-state index in [2.05, 4.69) is 6.58 Å². The maximum atomic E-state index is 12.4. The van der Waals surface area contributed by atoms with Crippen LogP contribution in [-0.4, -0.2) is 24.1 Å². The van der Waals surface area contributed by atoms with Crippen LogP contribution < -0.4 is 0 Å². The standard InChI is InChI=1S/C15H22O4/c1-4-18-13(17)14-7-5-6-8-15(14,9-11(2)3)19-12(16)10-14/h2,4-10H2,1,3H3/t14-,15+/m1/s1. The Labute approximate surface area is 114 Å². The summed E-state index contributed by atoms with van der Waals surface area (Å²) in [6, 6.07) is 0. The molecule has 1 saturated heterocycles. The smallest absolute Gasteiger partial charge is 0.316 e. The predicted octanol–water partition coefficient (Wildman–Crippen LogP) is 2.76.